The minimum atomic E-state index is -1.12. The Kier molecular flexibility index (Phi) is 5.98. The van der Waals surface area contributed by atoms with E-state index in [1.54, 1.807) is 30.3 Å². The van der Waals surface area contributed by atoms with Gasteiger partial charge < -0.3 is 24.0 Å². The first-order valence-electron chi connectivity index (χ1n) is 10.7. The highest BCUT2D eigenvalue weighted by Crippen LogP contribution is 2.31. The van der Waals surface area contributed by atoms with Crippen molar-refractivity contribution in [1.82, 2.24) is 9.97 Å². The molecule has 0 aliphatic carbocycles. The zero-order valence-electron chi connectivity index (χ0n) is 18.5. The molecule has 5 aromatic rings. The smallest absolute Gasteiger partial charge is 0.338 e. The van der Waals surface area contributed by atoms with E-state index in [0.29, 0.717) is 33.9 Å². The van der Waals surface area contributed by atoms with Crippen molar-refractivity contribution in [1.29, 1.82) is 0 Å². The van der Waals surface area contributed by atoms with Crippen molar-refractivity contribution in [3.63, 3.8) is 0 Å². The van der Waals surface area contributed by atoms with Crippen molar-refractivity contribution in [3.8, 4) is 22.9 Å². The Balaban J connectivity index is 1.34. The van der Waals surface area contributed by atoms with Crippen LogP contribution in [0, 0.1) is 0 Å². The number of carbonyl (C=O) groups is 3. The van der Waals surface area contributed by atoms with E-state index in [1.165, 1.54) is 48.9 Å². The molecular weight excluding hydrogens is 466 g/mol. The van der Waals surface area contributed by atoms with E-state index in [9.17, 15) is 14.4 Å². The summed E-state index contributed by atoms with van der Waals surface area (Å²) in [4.78, 5) is 45.1. The molecular formula is C26H17N3O7. The van der Waals surface area contributed by atoms with Crippen LogP contribution in [0.1, 0.15) is 20.7 Å². The van der Waals surface area contributed by atoms with Crippen LogP contribution in [0.15, 0.2) is 88.1 Å². The number of carboxylic acids is 1. The van der Waals surface area contributed by atoms with Gasteiger partial charge in [-0.3, -0.25) is 4.79 Å². The molecule has 10 heteroatoms. The molecule has 178 valence electrons. The molecule has 3 heterocycles. The molecule has 0 unspecified atom stereocenters. The van der Waals surface area contributed by atoms with Gasteiger partial charge in [0.05, 0.1) is 34.7 Å². The predicted molar refractivity (Wildman–Crippen MR) is 127 cm³/mol. The normalized spacial score (nSPS) is 10.8. The molecule has 0 fully saturated rings. The zero-order chi connectivity index (χ0) is 25.1. The monoisotopic (exact) mass is 483 g/mol. The molecule has 0 spiro atoms. The van der Waals surface area contributed by atoms with Crippen LogP contribution in [0.3, 0.4) is 0 Å². The first-order chi connectivity index (χ1) is 17.5. The summed E-state index contributed by atoms with van der Waals surface area (Å²) >= 11 is 0. The van der Waals surface area contributed by atoms with Crippen LogP contribution >= 0.6 is 0 Å². The van der Waals surface area contributed by atoms with Gasteiger partial charge in [0.2, 0.25) is 0 Å². The summed E-state index contributed by atoms with van der Waals surface area (Å²) in [6.07, 6.45) is 3.05. The quantitative estimate of drug-likeness (QED) is 0.316. The molecule has 0 saturated heterocycles. The van der Waals surface area contributed by atoms with Gasteiger partial charge >= 0.3 is 11.9 Å². The number of aromatic carboxylic acids is 1. The highest BCUT2D eigenvalue weighted by atomic mass is 16.5. The number of fused-ring (bicyclic) bond motifs is 1. The fraction of sp³-hybridized carbons (Fsp3) is 0.0385. The lowest BCUT2D eigenvalue weighted by Gasteiger charge is -2.09. The Bertz CT molecular complexity index is 1570. The van der Waals surface area contributed by atoms with E-state index in [0.717, 1.165) is 0 Å². The Labute approximate surface area is 203 Å². The van der Waals surface area contributed by atoms with Gasteiger partial charge in [0.25, 0.3) is 5.91 Å². The molecule has 3 aromatic heterocycles. The zero-order valence-corrected chi connectivity index (χ0v) is 18.5. The lowest BCUT2D eigenvalue weighted by atomic mass is 10.1. The lowest BCUT2D eigenvalue weighted by Crippen LogP contribution is -2.21. The van der Waals surface area contributed by atoms with Gasteiger partial charge in [-0.15, -0.1) is 0 Å². The maximum absolute atomic E-state index is 12.6. The van der Waals surface area contributed by atoms with Crippen molar-refractivity contribution in [3.05, 3.63) is 90.4 Å². The number of ether oxygens (including phenoxy) is 1. The highest BCUT2D eigenvalue weighted by Gasteiger charge is 2.19. The van der Waals surface area contributed by atoms with E-state index in [4.69, 9.17) is 18.7 Å². The van der Waals surface area contributed by atoms with Crippen LogP contribution in [0.2, 0.25) is 0 Å². The van der Waals surface area contributed by atoms with Gasteiger partial charge in [-0.05, 0) is 60.7 Å². The summed E-state index contributed by atoms with van der Waals surface area (Å²) in [6, 6.07) is 17.3. The highest BCUT2D eigenvalue weighted by molar-refractivity contribution is 5.98. The number of aromatic nitrogens is 2. The number of esters is 1. The number of rotatable bonds is 7. The summed E-state index contributed by atoms with van der Waals surface area (Å²) in [6.45, 7) is -0.561. The SMILES string of the molecule is O=C(COC(=O)c1ccc2nc(-c3ccco3)c(-c3ccco3)nc2c1)Nc1cccc(C(=O)O)c1. The minimum absolute atomic E-state index is 0.0196. The molecule has 36 heavy (non-hydrogen) atoms. The molecule has 0 atom stereocenters. The fourth-order valence-electron chi connectivity index (χ4n) is 3.49. The topological polar surface area (TPSA) is 145 Å². The largest absolute Gasteiger partial charge is 0.478 e. The van der Waals surface area contributed by atoms with Gasteiger partial charge in [0.1, 0.15) is 11.4 Å². The first kappa shape index (κ1) is 22.5. The number of furan rings is 2. The van der Waals surface area contributed by atoms with Gasteiger partial charge in [0.15, 0.2) is 18.1 Å². The number of carboxylic acid groups (broad SMARTS) is 1. The van der Waals surface area contributed by atoms with E-state index in [-0.39, 0.29) is 16.8 Å². The Morgan fingerprint density at radius 2 is 1.50 bits per heavy atom. The predicted octanol–water partition coefficient (Wildman–Crippen LogP) is 4.64. The molecule has 10 nitrogen and oxygen atoms in total. The third-order valence-corrected chi connectivity index (χ3v) is 5.14. The van der Waals surface area contributed by atoms with Crippen molar-refractivity contribution in [2.24, 2.45) is 0 Å². The number of hydrogen-bond acceptors (Lipinski definition) is 8. The first-order valence-corrected chi connectivity index (χ1v) is 10.7. The number of nitrogens with one attached hydrogen (secondary N) is 1. The number of anilines is 1. The van der Waals surface area contributed by atoms with Crippen molar-refractivity contribution in [2.45, 2.75) is 0 Å². The summed E-state index contributed by atoms with van der Waals surface area (Å²) < 4.78 is 16.1. The maximum atomic E-state index is 12.6. The van der Waals surface area contributed by atoms with Gasteiger partial charge in [0, 0.05) is 5.69 Å². The van der Waals surface area contributed by atoms with E-state index >= 15 is 0 Å². The number of hydrogen-bond donors (Lipinski definition) is 2. The molecule has 1 amide bonds. The second kappa shape index (κ2) is 9.55. The van der Waals surface area contributed by atoms with Gasteiger partial charge in [-0.1, -0.05) is 6.07 Å². The van der Waals surface area contributed by atoms with E-state index in [2.05, 4.69) is 15.3 Å². The second-order valence-corrected chi connectivity index (χ2v) is 7.59. The Morgan fingerprint density at radius 1 is 0.806 bits per heavy atom. The summed E-state index contributed by atoms with van der Waals surface area (Å²) in [7, 11) is 0. The van der Waals surface area contributed by atoms with Crippen molar-refractivity contribution in [2.75, 3.05) is 11.9 Å². The van der Waals surface area contributed by atoms with Crippen LogP contribution in [0.4, 0.5) is 5.69 Å². The number of nitrogens with zero attached hydrogens (tertiary/aromatic N) is 2. The van der Waals surface area contributed by atoms with E-state index < -0.39 is 24.5 Å². The molecule has 0 saturated carbocycles. The number of amides is 1. The molecule has 2 N–H and O–H groups in total. The van der Waals surface area contributed by atoms with Gasteiger partial charge in [-0.25, -0.2) is 19.6 Å². The van der Waals surface area contributed by atoms with Crippen LogP contribution < -0.4 is 5.32 Å². The molecule has 5 rings (SSSR count). The minimum Gasteiger partial charge on any atom is -0.478 e. The van der Waals surface area contributed by atoms with Crippen molar-refractivity contribution < 1.29 is 33.1 Å². The molecule has 0 aliphatic rings. The average molecular weight is 483 g/mol. The third kappa shape index (κ3) is 4.68. The van der Waals surface area contributed by atoms with Crippen LogP contribution in [0.25, 0.3) is 33.9 Å². The van der Waals surface area contributed by atoms with Crippen LogP contribution in [-0.2, 0) is 9.53 Å². The third-order valence-electron chi connectivity index (χ3n) is 5.14. The molecule has 0 radical (unpaired) electrons. The van der Waals surface area contributed by atoms with Crippen molar-refractivity contribution >= 4 is 34.6 Å². The average Bonchev–Trinajstić information content (AvgIpc) is 3.61. The van der Waals surface area contributed by atoms with E-state index in [1.807, 2.05) is 0 Å². The summed E-state index contributed by atoms with van der Waals surface area (Å²) in [5, 5.41) is 11.5. The molecule has 2 aromatic carbocycles. The summed E-state index contributed by atoms with van der Waals surface area (Å²) in [5.74, 6) is -1.48. The number of benzene rings is 2. The lowest BCUT2D eigenvalue weighted by molar-refractivity contribution is -0.119. The second-order valence-electron chi connectivity index (χ2n) is 7.59. The standard InChI is InChI=1S/C26H17N3O7/c30-22(27-17-5-1-4-15(12-17)25(31)32)14-36-26(33)16-8-9-18-19(13-16)29-24(21-7-3-11-35-21)23(28-18)20-6-2-10-34-20/h1-13H,14H2,(H,27,30)(H,31,32). The Morgan fingerprint density at radius 3 is 2.14 bits per heavy atom. The van der Waals surface area contributed by atoms with Crippen LogP contribution in [-0.4, -0.2) is 39.5 Å². The molecule has 0 bridgehead atoms. The molecule has 0 aliphatic heterocycles. The van der Waals surface area contributed by atoms with Crippen LogP contribution in [0.5, 0.6) is 0 Å². The maximum Gasteiger partial charge on any atom is 0.338 e. The summed E-state index contributed by atoms with van der Waals surface area (Å²) in [5.41, 5.74) is 2.33. The fourth-order valence-corrected chi connectivity index (χ4v) is 3.49. The Hall–Kier alpha value is -5.25. The van der Waals surface area contributed by atoms with Gasteiger partial charge in [-0.2, -0.15) is 0 Å². The number of carbonyl (C=O) groups excluding carboxylic acids is 2.